The number of nitrogens with two attached hydrogens (primary N) is 2. The van der Waals surface area contributed by atoms with Gasteiger partial charge in [0, 0.05) is 54.1 Å². The van der Waals surface area contributed by atoms with Crippen molar-refractivity contribution in [2.45, 2.75) is 18.7 Å². The van der Waals surface area contributed by atoms with Crippen molar-refractivity contribution in [1.29, 1.82) is 5.41 Å². The quantitative estimate of drug-likeness (QED) is 0.184. The molecular formula is C22H22Cl2FN7O. The summed E-state index contributed by atoms with van der Waals surface area (Å²) in [7, 11) is 0. The van der Waals surface area contributed by atoms with Crippen molar-refractivity contribution in [3.8, 4) is 5.75 Å². The number of aromatic nitrogens is 2. The average molecular weight is 490 g/mol. The van der Waals surface area contributed by atoms with Crippen LogP contribution in [0.15, 0.2) is 42.9 Å². The molecule has 7 N–H and O–H groups in total. The van der Waals surface area contributed by atoms with Gasteiger partial charge >= 0.3 is 0 Å². The van der Waals surface area contributed by atoms with Crippen LogP contribution >= 0.6 is 23.2 Å². The number of anilines is 2. The zero-order valence-electron chi connectivity index (χ0n) is 17.6. The Morgan fingerprint density at radius 2 is 2.00 bits per heavy atom. The number of rotatable bonds is 8. The molecule has 1 aromatic carbocycles. The molecule has 0 aliphatic carbocycles. The summed E-state index contributed by atoms with van der Waals surface area (Å²) in [5.74, 6) is -0.0876. The summed E-state index contributed by atoms with van der Waals surface area (Å²) < 4.78 is 20.6. The molecule has 1 saturated heterocycles. The average Bonchev–Trinajstić information content (AvgIpc) is 3.51. The van der Waals surface area contributed by atoms with E-state index in [1.165, 1.54) is 24.7 Å². The number of pyridine rings is 2. The minimum Gasteiger partial charge on any atom is -0.486 e. The summed E-state index contributed by atoms with van der Waals surface area (Å²) in [6.07, 6.45) is 3.89. The van der Waals surface area contributed by atoms with Crippen LogP contribution < -0.4 is 26.8 Å². The third kappa shape index (κ3) is 5.17. The van der Waals surface area contributed by atoms with Crippen LogP contribution in [0.2, 0.25) is 10.0 Å². The van der Waals surface area contributed by atoms with Gasteiger partial charge in [-0.15, -0.1) is 0 Å². The molecule has 4 rings (SSSR count). The summed E-state index contributed by atoms with van der Waals surface area (Å²) in [5, 5.41) is 15.2. The number of hydrogen-bond donors (Lipinski definition) is 5. The van der Waals surface area contributed by atoms with Crippen molar-refractivity contribution in [3.05, 3.63) is 75.4 Å². The van der Waals surface area contributed by atoms with Crippen LogP contribution in [0.4, 0.5) is 15.9 Å². The molecule has 0 amide bonds. The molecule has 1 unspecified atom stereocenters. The van der Waals surface area contributed by atoms with Gasteiger partial charge in [-0.1, -0.05) is 23.2 Å². The molecule has 2 aromatic heterocycles. The lowest BCUT2D eigenvalue weighted by molar-refractivity contribution is 0.227. The molecule has 33 heavy (non-hydrogen) atoms. The van der Waals surface area contributed by atoms with E-state index in [1.54, 1.807) is 25.1 Å². The minimum atomic E-state index is -0.594. The van der Waals surface area contributed by atoms with Crippen molar-refractivity contribution < 1.29 is 9.13 Å². The lowest BCUT2D eigenvalue weighted by atomic mass is 10.0. The van der Waals surface area contributed by atoms with Crippen LogP contribution in [0.3, 0.4) is 0 Å². The van der Waals surface area contributed by atoms with Crippen LogP contribution in [0.25, 0.3) is 0 Å². The maximum absolute atomic E-state index is 14.6. The Labute approximate surface area is 200 Å². The first-order valence-electron chi connectivity index (χ1n) is 10.0. The number of nitrogens with zero attached hydrogens (tertiary/aromatic N) is 2. The van der Waals surface area contributed by atoms with E-state index >= 15 is 0 Å². The Balaban J connectivity index is 1.53. The van der Waals surface area contributed by atoms with E-state index < -0.39 is 17.6 Å². The number of benzene rings is 1. The van der Waals surface area contributed by atoms with Gasteiger partial charge in [0.25, 0.3) is 0 Å². The molecule has 0 bridgehead atoms. The van der Waals surface area contributed by atoms with Crippen molar-refractivity contribution in [1.82, 2.24) is 15.3 Å². The van der Waals surface area contributed by atoms with Crippen LogP contribution in [0.1, 0.15) is 29.7 Å². The van der Waals surface area contributed by atoms with E-state index in [0.29, 0.717) is 45.7 Å². The van der Waals surface area contributed by atoms with Crippen molar-refractivity contribution in [2.75, 3.05) is 24.1 Å². The molecule has 1 fully saturated rings. The van der Waals surface area contributed by atoms with Crippen LogP contribution in [-0.4, -0.2) is 34.4 Å². The van der Waals surface area contributed by atoms with Crippen LogP contribution in [0, 0.1) is 11.2 Å². The molecule has 172 valence electrons. The van der Waals surface area contributed by atoms with E-state index in [1.807, 2.05) is 0 Å². The highest BCUT2D eigenvalue weighted by molar-refractivity contribution is 6.35. The van der Waals surface area contributed by atoms with Crippen molar-refractivity contribution in [2.24, 2.45) is 5.73 Å². The second-order valence-electron chi connectivity index (χ2n) is 7.82. The smallest absolute Gasteiger partial charge is 0.166 e. The largest absolute Gasteiger partial charge is 0.486 e. The fraction of sp³-hybridized carbons (Fsp3) is 0.227. The first-order valence-corrected chi connectivity index (χ1v) is 10.8. The molecule has 3 aromatic rings. The van der Waals surface area contributed by atoms with E-state index in [2.05, 4.69) is 20.6 Å². The molecule has 1 aliphatic rings. The number of hydrogen-bond acceptors (Lipinski definition) is 8. The molecule has 11 heteroatoms. The summed E-state index contributed by atoms with van der Waals surface area (Å²) in [6.45, 7) is 2.78. The Kier molecular flexibility index (Phi) is 6.40. The topological polar surface area (TPSA) is 145 Å². The van der Waals surface area contributed by atoms with E-state index in [-0.39, 0.29) is 17.1 Å². The molecule has 2 atom stereocenters. The fourth-order valence-corrected chi connectivity index (χ4v) is 3.91. The fourth-order valence-electron chi connectivity index (χ4n) is 3.24. The van der Waals surface area contributed by atoms with Gasteiger partial charge < -0.3 is 21.5 Å². The van der Waals surface area contributed by atoms with Gasteiger partial charge in [-0.05, 0) is 31.2 Å². The molecule has 1 aliphatic heterocycles. The second kappa shape index (κ2) is 9.11. The van der Waals surface area contributed by atoms with E-state index in [0.717, 1.165) is 0 Å². The first kappa shape index (κ1) is 23.2. The third-order valence-electron chi connectivity index (χ3n) is 5.24. The molecule has 0 spiro atoms. The summed E-state index contributed by atoms with van der Waals surface area (Å²) in [6, 6.07) is 6.13. The monoisotopic (exact) mass is 489 g/mol. The predicted octanol–water partition coefficient (Wildman–Crippen LogP) is 3.73. The van der Waals surface area contributed by atoms with Crippen molar-refractivity contribution >= 4 is 40.4 Å². The predicted molar refractivity (Wildman–Crippen MR) is 128 cm³/mol. The van der Waals surface area contributed by atoms with Crippen LogP contribution in [-0.2, 0) is 0 Å². The summed E-state index contributed by atoms with van der Waals surface area (Å²) >= 11 is 12.4. The highest BCUT2D eigenvalue weighted by atomic mass is 35.5. The Morgan fingerprint density at radius 3 is 2.64 bits per heavy atom. The van der Waals surface area contributed by atoms with Crippen LogP contribution in [0.5, 0.6) is 5.75 Å². The van der Waals surface area contributed by atoms with Gasteiger partial charge in [0.15, 0.2) is 11.6 Å². The zero-order valence-corrected chi connectivity index (χ0v) is 19.1. The standard InChI is InChI=1S/C22H22Cl2FN7O/c1-11(19-15(23)7-29-8-16(19)24)33-13-2-3-18(26)14(5-13)20(27)12-4-17(25)21(30-6-12)31-9-22(28)10-32-22/h2-8,11,27,32H,9-10,26,28H2,1H3,(H,30,31)/t11-,22?/m1/s1. The lowest BCUT2D eigenvalue weighted by Crippen LogP contribution is -2.36. The Bertz CT molecular complexity index is 1200. The Hall–Kier alpha value is -2.98. The molecular weight excluding hydrogens is 468 g/mol. The molecule has 0 saturated carbocycles. The number of ether oxygens (including phenoxy) is 1. The third-order valence-corrected chi connectivity index (χ3v) is 5.84. The number of halogens is 3. The second-order valence-corrected chi connectivity index (χ2v) is 8.63. The van der Waals surface area contributed by atoms with Gasteiger partial charge in [-0.2, -0.15) is 0 Å². The van der Waals surface area contributed by atoms with Gasteiger partial charge in [0.2, 0.25) is 0 Å². The van der Waals surface area contributed by atoms with E-state index in [9.17, 15) is 4.39 Å². The normalized spacial score (nSPS) is 18.0. The highest BCUT2D eigenvalue weighted by Crippen LogP contribution is 2.33. The summed E-state index contributed by atoms with van der Waals surface area (Å²) in [4.78, 5) is 8.04. The minimum absolute atomic E-state index is 0.00248. The number of nitrogens with one attached hydrogen (secondary N) is 3. The first-order chi connectivity index (χ1) is 15.7. The zero-order chi connectivity index (χ0) is 23.8. The van der Waals surface area contributed by atoms with E-state index in [4.69, 9.17) is 44.8 Å². The number of nitrogen functional groups attached to an aromatic ring is 1. The maximum Gasteiger partial charge on any atom is 0.166 e. The molecule has 3 heterocycles. The highest BCUT2D eigenvalue weighted by Gasteiger charge is 2.37. The van der Waals surface area contributed by atoms with Crippen molar-refractivity contribution in [3.63, 3.8) is 0 Å². The van der Waals surface area contributed by atoms with Gasteiger partial charge in [-0.25, -0.2) is 9.37 Å². The lowest BCUT2D eigenvalue weighted by Gasteiger charge is -2.18. The Morgan fingerprint density at radius 1 is 1.30 bits per heavy atom. The van der Waals surface area contributed by atoms with Gasteiger partial charge in [0.05, 0.1) is 21.4 Å². The maximum atomic E-state index is 14.6. The van der Waals surface area contributed by atoms with Gasteiger partial charge in [-0.3, -0.25) is 15.7 Å². The SMILES string of the molecule is C[C@@H](Oc1ccc(N)c(C(=N)c2cnc(NCC3(N)CN3)c(F)c2)c1)c1c(Cl)cncc1Cl. The molecule has 0 radical (unpaired) electrons. The molecule has 8 nitrogen and oxygen atoms in total. The van der Waals surface area contributed by atoms with Gasteiger partial charge in [0.1, 0.15) is 11.9 Å². The summed E-state index contributed by atoms with van der Waals surface area (Å²) in [5.41, 5.74) is 13.1.